The summed E-state index contributed by atoms with van der Waals surface area (Å²) in [6.07, 6.45) is 13.1. The van der Waals surface area contributed by atoms with Gasteiger partial charge in [0.2, 0.25) is 0 Å². The predicted octanol–water partition coefficient (Wildman–Crippen LogP) is 4.65. The Hall–Kier alpha value is -0.780. The van der Waals surface area contributed by atoms with Crippen LogP contribution in [-0.2, 0) is 0 Å². The van der Waals surface area contributed by atoms with Crippen LogP contribution in [0.4, 0.5) is 0 Å². The molecule has 1 fully saturated rings. The molecule has 0 heteroatoms. The summed E-state index contributed by atoms with van der Waals surface area (Å²) < 4.78 is 0. The summed E-state index contributed by atoms with van der Waals surface area (Å²) in [5.41, 5.74) is 3.42. The van der Waals surface area contributed by atoms with Gasteiger partial charge in [0, 0.05) is 5.41 Å². The molecule has 14 heavy (non-hydrogen) atoms. The van der Waals surface area contributed by atoms with Crippen LogP contribution in [0.5, 0.6) is 0 Å². The predicted molar refractivity (Wildman–Crippen MR) is 64.3 cm³/mol. The molecule has 0 atom stereocenters. The van der Waals surface area contributed by atoms with E-state index in [-0.39, 0.29) is 5.41 Å². The molecule has 0 radical (unpaired) electrons. The summed E-state index contributed by atoms with van der Waals surface area (Å²) in [5, 5.41) is 0. The monoisotopic (exact) mass is 190 g/mol. The van der Waals surface area contributed by atoms with Gasteiger partial charge in [0.25, 0.3) is 0 Å². The van der Waals surface area contributed by atoms with Gasteiger partial charge >= 0.3 is 0 Å². The summed E-state index contributed by atoms with van der Waals surface area (Å²) >= 11 is 0. The van der Waals surface area contributed by atoms with Gasteiger partial charge in [-0.15, -0.1) is 0 Å². The maximum Gasteiger partial charge on any atom is 0.00134 e. The number of allylic oxidation sites excluding steroid dienone is 6. The maximum absolute atomic E-state index is 2.43. The molecule has 0 heterocycles. The molecule has 0 aromatic rings. The highest BCUT2D eigenvalue weighted by atomic mass is 14.2. The van der Waals surface area contributed by atoms with Gasteiger partial charge in [-0.25, -0.2) is 0 Å². The Bertz CT molecular complexity index is 274. The van der Waals surface area contributed by atoms with Gasteiger partial charge in [0.1, 0.15) is 0 Å². The van der Waals surface area contributed by atoms with Crippen LogP contribution in [0.3, 0.4) is 0 Å². The number of fused-ring (bicyclic) bond motifs is 1. The average Bonchev–Trinajstić information content (AvgIpc) is 2.50. The first-order valence-corrected chi connectivity index (χ1v) is 5.78. The van der Waals surface area contributed by atoms with E-state index in [9.17, 15) is 0 Å². The molecule has 2 rings (SSSR count). The maximum atomic E-state index is 2.43. The molecule has 0 unspecified atom stereocenters. The normalized spacial score (nSPS) is 22.6. The minimum Gasteiger partial charge on any atom is -0.0751 e. The first-order chi connectivity index (χ1) is 6.67. The number of rotatable bonds is 0. The topological polar surface area (TPSA) is 0 Å². The van der Waals surface area contributed by atoms with E-state index >= 15 is 0 Å². The third-order valence-corrected chi connectivity index (χ3v) is 2.67. The van der Waals surface area contributed by atoms with Crippen molar-refractivity contribution in [2.24, 2.45) is 5.41 Å². The van der Waals surface area contributed by atoms with E-state index in [0.717, 1.165) is 0 Å². The van der Waals surface area contributed by atoms with Crippen LogP contribution in [0.2, 0.25) is 0 Å². The van der Waals surface area contributed by atoms with E-state index < -0.39 is 0 Å². The smallest absolute Gasteiger partial charge is 0.00134 e. The van der Waals surface area contributed by atoms with Gasteiger partial charge in [-0.2, -0.15) is 0 Å². The highest BCUT2D eigenvalue weighted by molar-refractivity contribution is 5.41. The van der Waals surface area contributed by atoms with Crippen molar-refractivity contribution in [2.75, 3.05) is 0 Å². The van der Waals surface area contributed by atoms with E-state index in [0.29, 0.717) is 0 Å². The van der Waals surface area contributed by atoms with Crippen molar-refractivity contribution in [3.8, 4) is 0 Å². The third-order valence-electron chi connectivity index (χ3n) is 2.67. The van der Waals surface area contributed by atoms with Crippen molar-refractivity contribution in [2.45, 2.75) is 47.0 Å². The van der Waals surface area contributed by atoms with Gasteiger partial charge in [-0.1, -0.05) is 52.0 Å². The molecule has 1 saturated carbocycles. The average molecular weight is 190 g/mol. The molecule has 78 valence electrons. The molecule has 2 aliphatic carbocycles. The Morgan fingerprint density at radius 3 is 2.43 bits per heavy atom. The fourth-order valence-corrected chi connectivity index (χ4v) is 2.06. The lowest BCUT2D eigenvalue weighted by atomic mass is 9.90. The zero-order valence-corrected chi connectivity index (χ0v) is 9.93. The quantitative estimate of drug-likeness (QED) is 0.522. The van der Waals surface area contributed by atoms with Crippen molar-refractivity contribution >= 4 is 0 Å². The minimum absolute atomic E-state index is 0.262. The molecular weight excluding hydrogens is 168 g/mol. The molecule has 0 nitrogen and oxygen atoms in total. The molecule has 0 aromatic carbocycles. The largest absolute Gasteiger partial charge is 0.0751 e. The van der Waals surface area contributed by atoms with E-state index in [1.54, 1.807) is 11.1 Å². The van der Waals surface area contributed by atoms with Gasteiger partial charge < -0.3 is 0 Å². The SMILES string of the molecule is CC.CC1(C)C=CC=C2CCCC2=C1. The van der Waals surface area contributed by atoms with Crippen LogP contribution >= 0.6 is 0 Å². The molecule has 0 aliphatic heterocycles. The fraction of sp³-hybridized carbons (Fsp3) is 0.571. The van der Waals surface area contributed by atoms with Crippen molar-refractivity contribution in [3.63, 3.8) is 0 Å². The Labute approximate surface area is 88.4 Å². The van der Waals surface area contributed by atoms with Crippen LogP contribution < -0.4 is 0 Å². The Balaban J connectivity index is 0.000000461. The summed E-state index contributed by atoms with van der Waals surface area (Å²) in [5.74, 6) is 0. The molecule has 0 amide bonds. The van der Waals surface area contributed by atoms with E-state index in [4.69, 9.17) is 0 Å². The van der Waals surface area contributed by atoms with Crippen molar-refractivity contribution < 1.29 is 0 Å². The molecule has 0 bridgehead atoms. The first-order valence-electron chi connectivity index (χ1n) is 5.78. The standard InChI is InChI=1S/C12H16.C2H6/c1-12(2)8-4-7-10-5-3-6-11(10)9-12;1-2/h4,7-9H,3,5-6H2,1-2H3;1-2H3. The molecule has 0 saturated heterocycles. The minimum atomic E-state index is 0.262. The lowest BCUT2D eigenvalue weighted by Crippen LogP contribution is -2.02. The second-order valence-electron chi connectivity index (χ2n) is 4.40. The van der Waals surface area contributed by atoms with Crippen molar-refractivity contribution in [3.05, 3.63) is 35.5 Å². The zero-order chi connectivity index (χ0) is 10.6. The Morgan fingerprint density at radius 1 is 1.07 bits per heavy atom. The second kappa shape index (κ2) is 4.63. The molecular formula is C14H22. The number of hydrogen-bond acceptors (Lipinski definition) is 0. The highest BCUT2D eigenvalue weighted by Crippen LogP contribution is 2.36. The van der Waals surface area contributed by atoms with Crippen LogP contribution in [0.1, 0.15) is 47.0 Å². The van der Waals surface area contributed by atoms with Crippen LogP contribution in [-0.4, -0.2) is 0 Å². The van der Waals surface area contributed by atoms with Crippen molar-refractivity contribution in [1.29, 1.82) is 0 Å². The summed E-state index contributed by atoms with van der Waals surface area (Å²) in [4.78, 5) is 0. The first kappa shape index (κ1) is 11.3. The van der Waals surface area contributed by atoms with Gasteiger partial charge in [-0.3, -0.25) is 0 Å². The zero-order valence-electron chi connectivity index (χ0n) is 9.93. The molecule has 0 N–H and O–H groups in total. The summed E-state index contributed by atoms with van der Waals surface area (Å²) in [7, 11) is 0. The Morgan fingerprint density at radius 2 is 1.71 bits per heavy atom. The van der Waals surface area contributed by atoms with Crippen LogP contribution in [0, 0.1) is 5.41 Å². The molecule has 2 aliphatic rings. The van der Waals surface area contributed by atoms with E-state index in [2.05, 4.69) is 38.2 Å². The number of hydrogen-bond donors (Lipinski definition) is 0. The van der Waals surface area contributed by atoms with Gasteiger partial charge in [-0.05, 0) is 30.4 Å². The Kier molecular flexibility index (Phi) is 3.74. The highest BCUT2D eigenvalue weighted by Gasteiger charge is 2.19. The summed E-state index contributed by atoms with van der Waals surface area (Å²) in [6, 6.07) is 0. The molecule has 0 aromatic heterocycles. The van der Waals surface area contributed by atoms with Crippen LogP contribution in [0.15, 0.2) is 35.5 Å². The van der Waals surface area contributed by atoms with Gasteiger partial charge in [0.05, 0.1) is 0 Å². The van der Waals surface area contributed by atoms with Gasteiger partial charge in [0.15, 0.2) is 0 Å². The van der Waals surface area contributed by atoms with E-state index in [1.807, 2.05) is 13.8 Å². The second-order valence-corrected chi connectivity index (χ2v) is 4.40. The summed E-state index contributed by atoms with van der Waals surface area (Å²) in [6.45, 7) is 8.54. The third kappa shape index (κ3) is 2.60. The van der Waals surface area contributed by atoms with Crippen LogP contribution in [0.25, 0.3) is 0 Å². The lowest BCUT2D eigenvalue weighted by Gasteiger charge is -2.14. The fourth-order valence-electron chi connectivity index (χ4n) is 2.06. The van der Waals surface area contributed by atoms with Crippen molar-refractivity contribution in [1.82, 2.24) is 0 Å². The molecule has 0 spiro atoms. The van der Waals surface area contributed by atoms with E-state index in [1.165, 1.54) is 19.3 Å². The lowest BCUT2D eigenvalue weighted by molar-refractivity contribution is 0.621.